The zero-order valence-corrected chi connectivity index (χ0v) is 15.9. The van der Waals surface area contributed by atoms with Gasteiger partial charge in [0.1, 0.15) is 12.7 Å². The zero-order chi connectivity index (χ0) is 22.1. The van der Waals surface area contributed by atoms with E-state index < -0.39 is 66.9 Å². The molecule has 1 aromatic heterocycles. The van der Waals surface area contributed by atoms with Crippen molar-refractivity contribution in [3.63, 3.8) is 0 Å². The van der Waals surface area contributed by atoms with E-state index in [1.54, 1.807) is 0 Å². The molecule has 0 spiro atoms. The van der Waals surface area contributed by atoms with Gasteiger partial charge in [-0.2, -0.15) is 31.6 Å². The van der Waals surface area contributed by atoms with Crippen LogP contribution in [-0.2, 0) is 23.6 Å². The smallest absolute Gasteiger partial charge is 0.471 e. The normalized spacial score (nSPS) is 13.1. The Hall–Kier alpha value is -2.30. The average Bonchev–Trinajstić information content (AvgIpc) is 3.01. The van der Waals surface area contributed by atoms with Crippen molar-refractivity contribution in [1.82, 2.24) is 10.2 Å². The standard InChI is InChI=1S/C14H6Cl2F6N4O2S/c1-24-11-10(29(27)14(20,21)22)12(26-25-11)28-4-6-8(15)2-7(13(17,18)19)5(3-23)9(6)16/h2H,1,4H2,(H,25,26). The van der Waals surface area contributed by atoms with Crippen LogP contribution in [0.4, 0.5) is 32.2 Å². The van der Waals surface area contributed by atoms with Crippen LogP contribution in [0.15, 0.2) is 16.0 Å². The van der Waals surface area contributed by atoms with E-state index in [4.69, 9.17) is 33.2 Å². The fraction of sp³-hybridized carbons (Fsp3) is 0.214. The molecule has 0 bridgehead atoms. The molecule has 0 aliphatic carbocycles. The first kappa shape index (κ1) is 23.0. The van der Waals surface area contributed by atoms with Crippen LogP contribution in [-0.4, -0.2) is 26.6 Å². The molecule has 1 N–H and O–H groups in total. The molecule has 0 aliphatic heterocycles. The van der Waals surface area contributed by atoms with E-state index in [0.29, 0.717) is 6.07 Å². The number of halogens is 8. The Balaban J connectivity index is 2.47. The Labute approximate surface area is 170 Å². The largest absolute Gasteiger partial charge is 0.476 e. The van der Waals surface area contributed by atoms with E-state index in [1.165, 1.54) is 6.07 Å². The molecule has 1 unspecified atom stereocenters. The minimum atomic E-state index is -5.18. The number of nitriles is 1. The van der Waals surface area contributed by atoms with Crippen molar-refractivity contribution in [2.24, 2.45) is 4.99 Å². The van der Waals surface area contributed by atoms with Crippen LogP contribution in [0, 0.1) is 11.3 Å². The molecule has 1 atom stereocenters. The SMILES string of the molecule is C=Nc1[nH]nc(OCc2c(Cl)cc(C(F)(F)F)c(C#N)c2Cl)c1S(=O)C(F)(F)F. The highest BCUT2D eigenvalue weighted by atomic mass is 35.5. The predicted octanol–water partition coefficient (Wildman–Crippen LogP) is 5.15. The molecule has 2 rings (SSSR count). The Morgan fingerprint density at radius 1 is 1.31 bits per heavy atom. The molecule has 156 valence electrons. The molecular weight excluding hydrogens is 473 g/mol. The van der Waals surface area contributed by atoms with E-state index in [2.05, 4.69) is 16.8 Å². The number of aliphatic imine (C=N–C) groups is 1. The van der Waals surface area contributed by atoms with Gasteiger partial charge in [-0.3, -0.25) is 5.10 Å². The number of nitrogens with one attached hydrogen (secondary N) is 1. The lowest BCUT2D eigenvalue weighted by molar-refractivity contribution is -0.137. The first-order valence-electron chi connectivity index (χ1n) is 6.97. The fourth-order valence-electron chi connectivity index (χ4n) is 2.06. The monoisotopic (exact) mass is 478 g/mol. The van der Waals surface area contributed by atoms with Crippen molar-refractivity contribution in [3.8, 4) is 11.9 Å². The summed E-state index contributed by atoms with van der Waals surface area (Å²) in [5.74, 6) is -1.40. The van der Waals surface area contributed by atoms with E-state index in [9.17, 15) is 30.6 Å². The molecule has 0 amide bonds. The molecule has 29 heavy (non-hydrogen) atoms. The van der Waals surface area contributed by atoms with E-state index in [-0.39, 0.29) is 5.56 Å². The molecule has 0 aliphatic rings. The third-order valence-corrected chi connectivity index (χ3v) is 5.22. The van der Waals surface area contributed by atoms with Crippen molar-refractivity contribution in [3.05, 3.63) is 32.8 Å². The van der Waals surface area contributed by atoms with Gasteiger partial charge < -0.3 is 4.74 Å². The van der Waals surface area contributed by atoms with Crippen LogP contribution >= 0.6 is 23.2 Å². The lowest BCUT2D eigenvalue weighted by atomic mass is 10.0. The third kappa shape index (κ3) is 4.65. The summed E-state index contributed by atoms with van der Waals surface area (Å²) in [6.45, 7) is 2.22. The predicted molar refractivity (Wildman–Crippen MR) is 90.8 cm³/mol. The lowest BCUT2D eigenvalue weighted by Crippen LogP contribution is -2.17. The number of nitrogens with zero attached hydrogens (tertiary/aromatic N) is 3. The van der Waals surface area contributed by atoms with Gasteiger partial charge in [0.25, 0.3) is 5.88 Å². The number of H-pyrrole nitrogens is 1. The molecule has 2 aromatic rings. The molecule has 1 heterocycles. The molecule has 0 saturated heterocycles. The maximum Gasteiger partial charge on any atom is 0.476 e. The van der Waals surface area contributed by atoms with E-state index in [0.717, 1.165) is 0 Å². The van der Waals surface area contributed by atoms with Crippen LogP contribution < -0.4 is 4.74 Å². The molecule has 6 nitrogen and oxygen atoms in total. The van der Waals surface area contributed by atoms with Crippen LogP contribution in [0.5, 0.6) is 5.88 Å². The summed E-state index contributed by atoms with van der Waals surface area (Å²) in [6, 6.07) is 1.72. The topological polar surface area (TPSA) is 91.1 Å². The number of aromatic nitrogens is 2. The van der Waals surface area contributed by atoms with Crippen LogP contribution in [0.3, 0.4) is 0 Å². The number of alkyl halides is 6. The molecule has 15 heteroatoms. The van der Waals surface area contributed by atoms with Crippen molar-refractivity contribution in [2.75, 3.05) is 0 Å². The number of ether oxygens (including phenoxy) is 1. The number of hydrogen-bond acceptors (Lipinski definition) is 5. The molecule has 0 fully saturated rings. The van der Waals surface area contributed by atoms with Gasteiger partial charge in [0.15, 0.2) is 21.5 Å². The molecular formula is C14H6Cl2F6N4O2S. The Morgan fingerprint density at radius 3 is 2.41 bits per heavy atom. The minimum Gasteiger partial charge on any atom is -0.471 e. The first-order valence-corrected chi connectivity index (χ1v) is 8.88. The van der Waals surface area contributed by atoms with Gasteiger partial charge in [-0.1, -0.05) is 23.2 Å². The van der Waals surface area contributed by atoms with Gasteiger partial charge in [-0.25, -0.2) is 9.20 Å². The highest BCUT2D eigenvalue weighted by molar-refractivity contribution is 7.86. The summed E-state index contributed by atoms with van der Waals surface area (Å²) in [6.07, 6.45) is -4.93. The second kappa shape index (κ2) is 8.21. The highest BCUT2D eigenvalue weighted by Gasteiger charge is 2.42. The summed E-state index contributed by atoms with van der Waals surface area (Å²) in [5, 5.41) is 13.1. The third-order valence-electron chi connectivity index (χ3n) is 3.31. The summed E-state index contributed by atoms with van der Waals surface area (Å²) in [4.78, 5) is 2.24. The van der Waals surface area contributed by atoms with Crippen LogP contribution in [0.2, 0.25) is 10.0 Å². The number of rotatable bonds is 5. The van der Waals surface area contributed by atoms with E-state index in [1.807, 2.05) is 5.10 Å². The van der Waals surface area contributed by atoms with Crippen molar-refractivity contribution in [1.29, 1.82) is 5.26 Å². The summed E-state index contributed by atoms with van der Waals surface area (Å²) < 4.78 is 94.1. The van der Waals surface area contributed by atoms with Crippen molar-refractivity contribution < 1.29 is 35.3 Å². The summed E-state index contributed by atoms with van der Waals surface area (Å²) in [5.41, 5.74) is -7.84. The van der Waals surface area contributed by atoms with Crippen LogP contribution in [0.25, 0.3) is 0 Å². The van der Waals surface area contributed by atoms with Crippen molar-refractivity contribution in [2.45, 2.75) is 23.2 Å². The maximum atomic E-state index is 13.0. The zero-order valence-electron chi connectivity index (χ0n) is 13.6. The first-order chi connectivity index (χ1) is 13.3. The molecule has 0 radical (unpaired) electrons. The highest BCUT2D eigenvalue weighted by Crippen LogP contribution is 2.41. The fourth-order valence-corrected chi connectivity index (χ4v) is 3.45. The average molecular weight is 479 g/mol. The minimum absolute atomic E-state index is 0.322. The Bertz CT molecular complexity index is 1030. The number of benzene rings is 1. The second-order valence-electron chi connectivity index (χ2n) is 5.05. The Kier molecular flexibility index (Phi) is 6.51. The van der Waals surface area contributed by atoms with Gasteiger partial charge in [-0.05, 0) is 12.8 Å². The number of aromatic amines is 1. The summed E-state index contributed by atoms with van der Waals surface area (Å²) >= 11 is 11.6. The van der Waals surface area contributed by atoms with Gasteiger partial charge in [0, 0.05) is 10.6 Å². The quantitative estimate of drug-likeness (QED) is 0.475. The number of hydrogen-bond donors (Lipinski definition) is 1. The van der Waals surface area contributed by atoms with Gasteiger partial charge in [-0.15, -0.1) is 5.10 Å². The van der Waals surface area contributed by atoms with Crippen molar-refractivity contribution >= 4 is 46.5 Å². The second-order valence-corrected chi connectivity index (χ2v) is 7.24. The lowest BCUT2D eigenvalue weighted by Gasteiger charge is -2.15. The van der Waals surface area contributed by atoms with Gasteiger partial charge in [0.05, 0.1) is 16.1 Å². The van der Waals surface area contributed by atoms with E-state index >= 15 is 0 Å². The molecule has 1 aromatic carbocycles. The van der Waals surface area contributed by atoms with Crippen LogP contribution in [0.1, 0.15) is 16.7 Å². The Morgan fingerprint density at radius 2 is 1.93 bits per heavy atom. The molecule has 0 saturated carbocycles. The summed E-state index contributed by atoms with van der Waals surface area (Å²) in [7, 11) is -3.60. The maximum absolute atomic E-state index is 13.0. The van der Waals surface area contributed by atoms with Gasteiger partial charge in [0.2, 0.25) is 0 Å². The van der Waals surface area contributed by atoms with Gasteiger partial charge >= 0.3 is 11.7 Å².